The molecule has 0 saturated carbocycles. The molecular weight excluding hydrogens is 282 g/mol. The summed E-state index contributed by atoms with van der Waals surface area (Å²) in [5.41, 5.74) is 0.959. The van der Waals surface area contributed by atoms with Gasteiger partial charge in [0.1, 0.15) is 24.0 Å². The number of hydrogen-bond acceptors (Lipinski definition) is 4. The van der Waals surface area contributed by atoms with Crippen LogP contribution in [0.25, 0.3) is 0 Å². The van der Waals surface area contributed by atoms with E-state index in [9.17, 15) is 9.90 Å². The highest BCUT2D eigenvalue weighted by atomic mass is 16.6. The molecule has 5 heteroatoms. The van der Waals surface area contributed by atoms with E-state index < -0.39 is 24.3 Å². The van der Waals surface area contributed by atoms with Crippen LogP contribution in [-0.4, -0.2) is 28.2 Å². The van der Waals surface area contributed by atoms with E-state index >= 15 is 0 Å². The number of ether oxygens (including phenoxy) is 1. The third-order valence-corrected chi connectivity index (χ3v) is 3.75. The normalized spacial score (nSPS) is 22.4. The van der Waals surface area contributed by atoms with Gasteiger partial charge in [0.15, 0.2) is 0 Å². The van der Waals surface area contributed by atoms with Crippen LogP contribution in [0.3, 0.4) is 0 Å². The van der Waals surface area contributed by atoms with E-state index in [0.717, 1.165) is 5.56 Å². The Kier molecular flexibility index (Phi) is 3.98. The first-order chi connectivity index (χ1) is 10.7. The molecule has 114 valence electrons. The smallest absolute Gasteiger partial charge is 0.411 e. The lowest BCUT2D eigenvalue weighted by Crippen LogP contribution is -2.40. The van der Waals surface area contributed by atoms with Gasteiger partial charge < -0.3 is 14.3 Å². The van der Waals surface area contributed by atoms with E-state index in [-0.39, 0.29) is 0 Å². The second kappa shape index (κ2) is 6.07. The first-order valence-electron chi connectivity index (χ1n) is 7.06. The average molecular weight is 299 g/mol. The van der Waals surface area contributed by atoms with Crippen LogP contribution in [0.1, 0.15) is 17.4 Å². The maximum atomic E-state index is 12.1. The Bertz CT molecular complexity index is 638. The van der Waals surface area contributed by atoms with Gasteiger partial charge in [-0.1, -0.05) is 36.9 Å². The van der Waals surface area contributed by atoms with Crippen LogP contribution < -0.4 is 0 Å². The molecular formula is C17H17NO4. The largest absolute Gasteiger partial charge is 0.467 e. The molecule has 1 fully saturated rings. The van der Waals surface area contributed by atoms with Gasteiger partial charge in [0.05, 0.1) is 6.26 Å². The van der Waals surface area contributed by atoms with E-state index in [1.165, 1.54) is 17.2 Å². The number of aliphatic hydroxyl groups excluding tert-OH is 1. The van der Waals surface area contributed by atoms with Crippen LogP contribution in [0, 0.1) is 0 Å². The van der Waals surface area contributed by atoms with Crippen molar-refractivity contribution < 1.29 is 19.1 Å². The summed E-state index contributed by atoms with van der Waals surface area (Å²) in [6.45, 7) is 4.04. The van der Waals surface area contributed by atoms with Crippen molar-refractivity contribution in [2.45, 2.75) is 24.8 Å². The highest BCUT2D eigenvalue weighted by molar-refractivity contribution is 5.71. The Morgan fingerprint density at radius 3 is 2.68 bits per heavy atom. The number of aliphatic hydroxyl groups is 1. The Morgan fingerprint density at radius 2 is 2.05 bits per heavy atom. The van der Waals surface area contributed by atoms with Gasteiger partial charge in [0.25, 0.3) is 0 Å². The summed E-state index contributed by atoms with van der Waals surface area (Å²) in [6, 6.07) is 12.4. The summed E-state index contributed by atoms with van der Waals surface area (Å²) >= 11 is 0. The van der Waals surface area contributed by atoms with Gasteiger partial charge in [-0.15, -0.1) is 0 Å². The number of carbonyl (C=O) groups excluding carboxylic acids is 1. The third-order valence-electron chi connectivity index (χ3n) is 3.75. The van der Waals surface area contributed by atoms with Gasteiger partial charge in [0.2, 0.25) is 0 Å². The van der Waals surface area contributed by atoms with Crippen molar-refractivity contribution in [3.8, 4) is 0 Å². The first-order valence-corrected chi connectivity index (χ1v) is 7.06. The van der Waals surface area contributed by atoms with Crippen LogP contribution >= 0.6 is 0 Å². The van der Waals surface area contributed by atoms with E-state index in [1.54, 1.807) is 12.1 Å². The summed E-state index contributed by atoms with van der Waals surface area (Å²) in [6.07, 6.45) is 0.981. The predicted molar refractivity (Wildman–Crippen MR) is 79.9 cm³/mol. The van der Waals surface area contributed by atoms with Gasteiger partial charge >= 0.3 is 6.09 Å². The molecule has 2 aromatic rings. The number of cyclic esters (lactones) is 1. The van der Waals surface area contributed by atoms with Gasteiger partial charge in [-0.05, 0) is 23.8 Å². The molecule has 0 aliphatic carbocycles. The minimum Gasteiger partial charge on any atom is -0.467 e. The molecule has 1 saturated heterocycles. The van der Waals surface area contributed by atoms with Crippen molar-refractivity contribution in [2.24, 2.45) is 0 Å². The van der Waals surface area contributed by atoms with Crippen LogP contribution in [0.5, 0.6) is 0 Å². The van der Waals surface area contributed by atoms with E-state index in [4.69, 9.17) is 9.15 Å². The maximum absolute atomic E-state index is 12.1. The van der Waals surface area contributed by atoms with Crippen molar-refractivity contribution in [1.82, 2.24) is 4.90 Å². The van der Waals surface area contributed by atoms with Crippen molar-refractivity contribution in [2.75, 3.05) is 0 Å². The second-order valence-electron chi connectivity index (χ2n) is 5.15. The molecule has 1 aliphatic rings. The number of hydrogen-bond donors (Lipinski definition) is 1. The lowest BCUT2D eigenvalue weighted by atomic mass is 10.0. The number of carbonyl (C=O) groups is 1. The topological polar surface area (TPSA) is 62.9 Å². The predicted octanol–water partition coefficient (Wildman–Crippen LogP) is 2.89. The van der Waals surface area contributed by atoms with E-state index in [2.05, 4.69) is 6.58 Å². The summed E-state index contributed by atoms with van der Waals surface area (Å²) in [5.74, 6) is 0.396. The fourth-order valence-electron chi connectivity index (χ4n) is 2.67. The number of amides is 1. The molecule has 1 aromatic carbocycles. The van der Waals surface area contributed by atoms with Crippen LogP contribution in [0.15, 0.2) is 65.8 Å². The SMILES string of the molecule is C=C[C@H]1OC(=O)N(Cc2ccccc2)[C@H]1[C@H](O)c1ccco1. The van der Waals surface area contributed by atoms with Crippen molar-refractivity contribution in [3.05, 3.63) is 72.7 Å². The van der Waals surface area contributed by atoms with Crippen LogP contribution in [0.4, 0.5) is 4.79 Å². The Labute approximate surface area is 128 Å². The zero-order chi connectivity index (χ0) is 15.5. The first kappa shape index (κ1) is 14.4. The number of nitrogens with zero attached hydrogens (tertiary/aromatic N) is 1. The van der Waals surface area contributed by atoms with Crippen molar-refractivity contribution in [3.63, 3.8) is 0 Å². The maximum Gasteiger partial charge on any atom is 0.411 e. The monoisotopic (exact) mass is 299 g/mol. The Balaban J connectivity index is 1.88. The fourth-order valence-corrected chi connectivity index (χ4v) is 2.67. The molecule has 5 nitrogen and oxygen atoms in total. The minimum absolute atomic E-state index is 0.354. The van der Waals surface area contributed by atoms with E-state index in [0.29, 0.717) is 12.3 Å². The highest BCUT2D eigenvalue weighted by Crippen LogP contribution is 2.32. The molecule has 0 unspecified atom stereocenters. The molecule has 2 heterocycles. The molecule has 0 spiro atoms. The van der Waals surface area contributed by atoms with Gasteiger partial charge in [0, 0.05) is 6.54 Å². The molecule has 0 radical (unpaired) electrons. The molecule has 0 bridgehead atoms. The Hall–Kier alpha value is -2.53. The number of benzene rings is 1. The summed E-state index contributed by atoms with van der Waals surface area (Å²) in [5, 5.41) is 10.6. The van der Waals surface area contributed by atoms with Gasteiger partial charge in [-0.2, -0.15) is 0 Å². The average Bonchev–Trinajstić information content (AvgIpc) is 3.17. The zero-order valence-electron chi connectivity index (χ0n) is 12.0. The minimum atomic E-state index is -0.979. The standard InChI is InChI=1S/C17H17NO4/c1-2-13-15(16(19)14-9-6-10-21-14)18(17(20)22-13)11-12-7-4-3-5-8-12/h2-10,13,15-16,19H,1,11H2/t13-,15-,16-/m1/s1. The van der Waals surface area contributed by atoms with Crippen molar-refractivity contribution in [1.29, 1.82) is 0 Å². The number of furan rings is 1. The third kappa shape index (κ3) is 2.63. The van der Waals surface area contributed by atoms with Gasteiger partial charge in [-0.3, -0.25) is 4.90 Å². The zero-order valence-corrected chi connectivity index (χ0v) is 12.0. The highest BCUT2D eigenvalue weighted by Gasteiger charge is 2.45. The van der Waals surface area contributed by atoms with Crippen LogP contribution in [0.2, 0.25) is 0 Å². The van der Waals surface area contributed by atoms with Crippen LogP contribution in [-0.2, 0) is 11.3 Å². The quantitative estimate of drug-likeness (QED) is 0.862. The summed E-state index contributed by atoms with van der Waals surface area (Å²) in [7, 11) is 0. The van der Waals surface area contributed by atoms with Crippen molar-refractivity contribution >= 4 is 6.09 Å². The van der Waals surface area contributed by atoms with Gasteiger partial charge in [-0.25, -0.2) is 4.79 Å². The fraction of sp³-hybridized carbons (Fsp3) is 0.235. The molecule has 3 atom stereocenters. The summed E-state index contributed by atoms with van der Waals surface area (Å²) in [4.78, 5) is 13.7. The molecule has 3 rings (SSSR count). The van der Waals surface area contributed by atoms with E-state index in [1.807, 2.05) is 30.3 Å². The molecule has 1 N–H and O–H groups in total. The number of rotatable bonds is 5. The summed E-state index contributed by atoms with van der Waals surface area (Å²) < 4.78 is 10.6. The lowest BCUT2D eigenvalue weighted by molar-refractivity contribution is 0.0517. The molecule has 1 amide bonds. The molecule has 22 heavy (non-hydrogen) atoms. The lowest BCUT2D eigenvalue weighted by Gasteiger charge is -2.26. The molecule has 1 aliphatic heterocycles. The Morgan fingerprint density at radius 1 is 1.27 bits per heavy atom. The second-order valence-corrected chi connectivity index (χ2v) is 5.15. The molecule has 1 aromatic heterocycles.